The van der Waals surface area contributed by atoms with Gasteiger partial charge in [0.1, 0.15) is 0 Å². The Kier molecular flexibility index (Phi) is 6.98. The van der Waals surface area contributed by atoms with Crippen molar-refractivity contribution in [1.82, 2.24) is 15.1 Å². The van der Waals surface area contributed by atoms with Gasteiger partial charge >= 0.3 is 0 Å². The van der Waals surface area contributed by atoms with Crippen molar-refractivity contribution in [2.45, 2.75) is 45.7 Å². The third-order valence-corrected chi connectivity index (χ3v) is 3.62. The van der Waals surface area contributed by atoms with Gasteiger partial charge in [-0.25, -0.2) is 0 Å². The Balaban J connectivity index is 2.76. The van der Waals surface area contributed by atoms with Gasteiger partial charge in [0.25, 0.3) is 0 Å². The van der Waals surface area contributed by atoms with Crippen molar-refractivity contribution in [1.29, 1.82) is 0 Å². The lowest BCUT2D eigenvalue weighted by Gasteiger charge is -2.25. The van der Waals surface area contributed by atoms with Crippen LogP contribution in [0.2, 0.25) is 0 Å². The lowest BCUT2D eigenvalue weighted by atomic mass is 9.92. The van der Waals surface area contributed by atoms with Crippen molar-refractivity contribution in [3.63, 3.8) is 0 Å². The van der Waals surface area contributed by atoms with E-state index in [1.54, 1.807) is 7.11 Å². The van der Waals surface area contributed by atoms with Gasteiger partial charge in [-0.1, -0.05) is 26.7 Å². The van der Waals surface area contributed by atoms with Crippen LogP contribution < -0.4 is 5.32 Å². The molecular weight excluding hydrogens is 226 g/mol. The first-order valence-electron chi connectivity index (χ1n) is 6.96. The van der Waals surface area contributed by atoms with Gasteiger partial charge in [-0.2, -0.15) is 5.10 Å². The van der Waals surface area contributed by atoms with E-state index in [-0.39, 0.29) is 0 Å². The van der Waals surface area contributed by atoms with E-state index in [1.807, 2.05) is 13.2 Å². The number of rotatable bonds is 9. The van der Waals surface area contributed by atoms with Crippen molar-refractivity contribution in [3.8, 4) is 0 Å². The smallest absolute Gasteiger partial charge is 0.0556 e. The molecule has 0 aromatic carbocycles. The average Bonchev–Trinajstić information content (AvgIpc) is 2.84. The van der Waals surface area contributed by atoms with E-state index in [1.165, 1.54) is 18.5 Å². The van der Waals surface area contributed by atoms with Gasteiger partial charge in [-0.3, -0.25) is 4.68 Å². The highest BCUT2D eigenvalue weighted by Crippen LogP contribution is 2.26. The molecule has 0 spiro atoms. The Labute approximate surface area is 111 Å². The summed E-state index contributed by atoms with van der Waals surface area (Å²) in [5.74, 6) is 0.660. The van der Waals surface area contributed by atoms with E-state index >= 15 is 0 Å². The minimum absolute atomic E-state index is 0.394. The molecule has 0 amide bonds. The molecule has 0 aliphatic rings. The summed E-state index contributed by atoms with van der Waals surface area (Å²) in [5.41, 5.74) is 1.29. The monoisotopic (exact) mass is 253 g/mol. The zero-order chi connectivity index (χ0) is 13.4. The zero-order valence-corrected chi connectivity index (χ0v) is 12.1. The molecule has 0 aliphatic carbocycles. The molecule has 18 heavy (non-hydrogen) atoms. The number of ether oxygens (including phenoxy) is 1. The van der Waals surface area contributed by atoms with Crippen LogP contribution in [0.15, 0.2) is 12.3 Å². The topological polar surface area (TPSA) is 39.1 Å². The van der Waals surface area contributed by atoms with Crippen LogP contribution in [0.25, 0.3) is 0 Å². The molecule has 4 heteroatoms. The summed E-state index contributed by atoms with van der Waals surface area (Å²) < 4.78 is 7.21. The van der Waals surface area contributed by atoms with Gasteiger partial charge in [0, 0.05) is 26.5 Å². The van der Waals surface area contributed by atoms with E-state index in [4.69, 9.17) is 4.74 Å². The summed E-state index contributed by atoms with van der Waals surface area (Å²) in [6.45, 7) is 6.22. The van der Waals surface area contributed by atoms with Gasteiger partial charge in [0.05, 0.1) is 11.7 Å². The molecule has 1 atom stereocenters. The van der Waals surface area contributed by atoms with Crippen LogP contribution >= 0.6 is 0 Å². The van der Waals surface area contributed by atoms with Crippen LogP contribution in [0.5, 0.6) is 0 Å². The highest BCUT2D eigenvalue weighted by Gasteiger charge is 2.21. The van der Waals surface area contributed by atoms with Crippen LogP contribution in [0.1, 0.15) is 44.8 Å². The molecule has 1 aromatic rings. The molecule has 0 saturated heterocycles. The average molecular weight is 253 g/mol. The predicted molar refractivity (Wildman–Crippen MR) is 74.6 cm³/mol. The second-order valence-corrected chi connectivity index (χ2v) is 4.67. The molecule has 1 aromatic heterocycles. The number of aromatic nitrogens is 2. The molecule has 0 bridgehead atoms. The van der Waals surface area contributed by atoms with Crippen molar-refractivity contribution in [3.05, 3.63) is 18.0 Å². The Bertz CT molecular complexity index is 321. The largest absolute Gasteiger partial charge is 0.385 e. The molecule has 0 saturated carbocycles. The van der Waals surface area contributed by atoms with Crippen molar-refractivity contribution < 1.29 is 4.74 Å². The van der Waals surface area contributed by atoms with E-state index in [0.717, 1.165) is 19.6 Å². The maximum atomic E-state index is 5.10. The fourth-order valence-corrected chi connectivity index (χ4v) is 2.54. The van der Waals surface area contributed by atoms with Crippen LogP contribution in [-0.2, 0) is 11.3 Å². The molecule has 1 unspecified atom stereocenters. The lowest BCUT2D eigenvalue weighted by Crippen LogP contribution is -2.27. The summed E-state index contributed by atoms with van der Waals surface area (Å²) in [6, 6.07) is 2.52. The first-order valence-corrected chi connectivity index (χ1v) is 6.96. The van der Waals surface area contributed by atoms with Gasteiger partial charge in [-0.05, 0) is 25.5 Å². The summed E-state index contributed by atoms with van der Waals surface area (Å²) in [7, 11) is 3.78. The number of aryl methyl sites for hydroxylation is 1. The number of hydrogen-bond acceptors (Lipinski definition) is 3. The number of hydrogen-bond donors (Lipinski definition) is 1. The van der Waals surface area contributed by atoms with Crippen molar-refractivity contribution >= 4 is 0 Å². The molecule has 0 fully saturated rings. The molecule has 1 rings (SSSR count). The molecular formula is C14H27N3O. The predicted octanol–water partition coefficient (Wildman–Crippen LogP) is 2.62. The fraction of sp³-hybridized carbons (Fsp3) is 0.786. The molecule has 0 aliphatic heterocycles. The third-order valence-electron chi connectivity index (χ3n) is 3.62. The summed E-state index contributed by atoms with van der Waals surface area (Å²) in [6.07, 6.45) is 5.27. The highest BCUT2D eigenvalue weighted by molar-refractivity contribution is 5.08. The number of methoxy groups -OCH3 is 1. The highest BCUT2D eigenvalue weighted by atomic mass is 16.5. The van der Waals surface area contributed by atoms with Gasteiger partial charge in [-0.15, -0.1) is 0 Å². The van der Waals surface area contributed by atoms with Gasteiger partial charge in [0.2, 0.25) is 0 Å². The first-order chi connectivity index (χ1) is 8.78. The Morgan fingerprint density at radius 2 is 2.11 bits per heavy atom. The Morgan fingerprint density at radius 1 is 1.39 bits per heavy atom. The fourth-order valence-electron chi connectivity index (χ4n) is 2.54. The summed E-state index contributed by atoms with van der Waals surface area (Å²) in [4.78, 5) is 0. The Morgan fingerprint density at radius 3 is 2.67 bits per heavy atom. The molecule has 1 N–H and O–H groups in total. The quantitative estimate of drug-likeness (QED) is 0.688. The second-order valence-electron chi connectivity index (χ2n) is 4.67. The van der Waals surface area contributed by atoms with Gasteiger partial charge in [0.15, 0.2) is 0 Å². The zero-order valence-electron chi connectivity index (χ0n) is 12.1. The number of nitrogens with one attached hydrogen (secondary N) is 1. The maximum Gasteiger partial charge on any atom is 0.0556 e. The molecule has 0 radical (unpaired) electrons. The summed E-state index contributed by atoms with van der Waals surface area (Å²) >= 11 is 0. The minimum atomic E-state index is 0.394. The van der Waals surface area contributed by atoms with Crippen molar-refractivity contribution in [2.24, 2.45) is 5.92 Å². The minimum Gasteiger partial charge on any atom is -0.385 e. The molecule has 1 heterocycles. The number of nitrogens with zero attached hydrogens (tertiary/aromatic N) is 2. The molecule has 104 valence electrons. The van der Waals surface area contributed by atoms with Crippen molar-refractivity contribution in [2.75, 3.05) is 20.8 Å². The van der Waals surface area contributed by atoms with Crippen LogP contribution in [0.3, 0.4) is 0 Å². The van der Waals surface area contributed by atoms with E-state index in [9.17, 15) is 0 Å². The SMILES string of the molecule is CCC(CC)C(NC)c1ccnn1CCCOC. The second kappa shape index (κ2) is 8.27. The lowest BCUT2D eigenvalue weighted by molar-refractivity contribution is 0.188. The van der Waals surface area contributed by atoms with Crippen LogP contribution in [0.4, 0.5) is 0 Å². The normalized spacial score (nSPS) is 13.2. The maximum absolute atomic E-state index is 5.10. The Hall–Kier alpha value is -0.870. The van der Waals surface area contributed by atoms with E-state index in [0.29, 0.717) is 12.0 Å². The molecule has 4 nitrogen and oxygen atoms in total. The first kappa shape index (κ1) is 15.2. The van der Waals surface area contributed by atoms with E-state index < -0.39 is 0 Å². The van der Waals surface area contributed by atoms with E-state index in [2.05, 4.69) is 35.0 Å². The van der Waals surface area contributed by atoms with Crippen LogP contribution in [0, 0.1) is 5.92 Å². The summed E-state index contributed by atoms with van der Waals surface area (Å²) in [5, 5.41) is 7.87. The third kappa shape index (κ3) is 3.82. The standard InChI is InChI=1S/C14H27N3O/c1-5-12(6-2)14(15-3)13-8-9-16-17(13)10-7-11-18-4/h8-9,12,14-15H,5-7,10-11H2,1-4H3. The van der Waals surface area contributed by atoms with Gasteiger partial charge < -0.3 is 10.1 Å². The van der Waals surface area contributed by atoms with Crippen LogP contribution in [-0.4, -0.2) is 30.5 Å².